The summed E-state index contributed by atoms with van der Waals surface area (Å²) in [4.78, 5) is 0.0863. The molecular weight excluding hydrogens is 355 g/mol. The Hall–Kier alpha value is -2.12. The van der Waals surface area contributed by atoms with Crippen molar-refractivity contribution in [1.82, 2.24) is 0 Å². The van der Waals surface area contributed by atoms with E-state index in [1.165, 1.54) is 24.3 Å². The molecule has 7 heteroatoms. The van der Waals surface area contributed by atoms with Crippen molar-refractivity contribution in [3.05, 3.63) is 53.8 Å². The summed E-state index contributed by atoms with van der Waals surface area (Å²) in [5, 5.41) is 8.30. The van der Waals surface area contributed by atoms with Crippen LogP contribution >= 0.6 is 0 Å². The Kier molecular flexibility index (Phi) is 7.41. The number of anilines is 1. The zero-order chi connectivity index (χ0) is 19.0. The van der Waals surface area contributed by atoms with Gasteiger partial charge in [-0.05, 0) is 55.2 Å². The molecule has 0 unspecified atom stereocenters. The molecule has 0 amide bonds. The van der Waals surface area contributed by atoms with Gasteiger partial charge in [0.15, 0.2) is 0 Å². The molecule has 26 heavy (non-hydrogen) atoms. The van der Waals surface area contributed by atoms with Crippen molar-refractivity contribution in [1.29, 1.82) is 0 Å². The highest BCUT2D eigenvalue weighted by Crippen LogP contribution is 2.22. The third-order valence-corrected chi connectivity index (χ3v) is 4.85. The molecule has 5 nitrogen and oxygen atoms in total. The summed E-state index contributed by atoms with van der Waals surface area (Å²) in [5.41, 5.74) is 1.80. The quantitative estimate of drug-likeness (QED) is 0.616. The lowest BCUT2D eigenvalue weighted by Crippen LogP contribution is -2.12. The second-order valence-electron chi connectivity index (χ2n) is 6.05. The summed E-state index contributed by atoms with van der Waals surface area (Å²) in [7, 11) is -3.67. The predicted molar refractivity (Wildman–Crippen MR) is 101 cm³/mol. The lowest BCUT2D eigenvalue weighted by Gasteiger charge is -2.12. The number of nitrogens with one attached hydrogen (secondary N) is 1. The Labute approximate surface area is 154 Å². The van der Waals surface area contributed by atoms with Crippen LogP contribution < -0.4 is 15.2 Å². The molecule has 0 bridgehead atoms. The van der Waals surface area contributed by atoms with E-state index < -0.39 is 10.0 Å². The molecule has 2 aromatic carbocycles. The molecule has 0 atom stereocenters. The van der Waals surface area contributed by atoms with E-state index in [1.807, 2.05) is 0 Å². The molecule has 3 N–H and O–H groups in total. The maximum Gasteiger partial charge on any atom is 0.238 e. The van der Waals surface area contributed by atoms with E-state index >= 15 is 0 Å². The van der Waals surface area contributed by atoms with Crippen LogP contribution in [0, 0.1) is 5.82 Å². The van der Waals surface area contributed by atoms with E-state index in [2.05, 4.69) is 12.2 Å². The van der Waals surface area contributed by atoms with Gasteiger partial charge in [-0.3, -0.25) is 0 Å². The number of sulfonamides is 1. The number of rotatable bonds is 10. The first-order valence-electron chi connectivity index (χ1n) is 8.68. The van der Waals surface area contributed by atoms with E-state index in [1.54, 1.807) is 18.2 Å². The Balaban J connectivity index is 1.86. The van der Waals surface area contributed by atoms with Gasteiger partial charge in [-0.25, -0.2) is 17.9 Å². The SMILES string of the molecule is CCCCOc1cc(F)ccc1CCCNc1ccc(S(N)(=O)=O)cc1. The van der Waals surface area contributed by atoms with E-state index in [0.29, 0.717) is 18.9 Å². The zero-order valence-corrected chi connectivity index (χ0v) is 15.7. The van der Waals surface area contributed by atoms with Crippen molar-refractivity contribution >= 4 is 15.7 Å². The van der Waals surface area contributed by atoms with Crippen LogP contribution in [0.15, 0.2) is 47.4 Å². The van der Waals surface area contributed by atoms with Crippen LogP contribution in [0.1, 0.15) is 31.7 Å². The average molecular weight is 380 g/mol. The fraction of sp³-hybridized carbons (Fsp3) is 0.368. The Morgan fingerprint density at radius 2 is 1.85 bits per heavy atom. The molecule has 0 aliphatic carbocycles. The molecule has 0 aromatic heterocycles. The molecule has 0 heterocycles. The van der Waals surface area contributed by atoms with Crippen LogP contribution in [0.25, 0.3) is 0 Å². The van der Waals surface area contributed by atoms with Gasteiger partial charge in [0.05, 0.1) is 11.5 Å². The molecule has 2 aromatic rings. The molecule has 2 rings (SSSR count). The van der Waals surface area contributed by atoms with Gasteiger partial charge in [-0.1, -0.05) is 19.4 Å². The second-order valence-corrected chi connectivity index (χ2v) is 7.62. The van der Waals surface area contributed by atoms with Gasteiger partial charge in [0.1, 0.15) is 11.6 Å². The number of hydrogen-bond acceptors (Lipinski definition) is 4. The van der Waals surface area contributed by atoms with Gasteiger partial charge in [0.2, 0.25) is 10.0 Å². The number of hydrogen-bond donors (Lipinski definition) is 2. The van der Waals surface area contributed by atoms with Crippen LogP contribution in [0.2, 0.25) is 0 Å². The Morgan fingerprint density at radius 1 is 1.12 bits per heavy atom. The normalized spacial score (nSPS) is 11.3. The summed E-state index contributed by atoms with van der Waals surface area (Å²) in [6, 6.07) is 10.9. The lowest BCUT2D eigenvalue weighted by molar-refractivity contribution is 0.304. The number of nitrogens with two attached hydrogens (primary N) is 1. The van der Waals surface area contributed by atoms with E-state index in [4.69, 9.17) is 9.88 Å². The molecular formula is C19H25FN2O3S. The molecule has 0 aliphatic rings. The number of benzene rings is 2. The standard InChI is InChI=1S/C19H25FN2O3S/c1-2-3-13-25-19-14-16(20)7-6-15(19)5-4-12-22-17-8-10-18(11-9-17)26(21,23)24/h6-11,14,22H,2-5,12-13H2,1H3,(H2,21,23,24). The monoisotopic (exact) mass is 380 g/mol. The third-order valence-electron chi connectivity index (χ3n) is 3.92. The highest BCUT2D eigenvalue weighted by atomic mass is 32.2. The minimum Gasteiger partial charge on any atom is -0.493 e. The summed E-state index contributed by atoms with van der Waals surface area (Å²) in [6.07, 6.45) is 3.54. The van der Waals surface area contributed by atoms with Gasteiger partial charge >= 0.3 is 0 Å². The highest BCUT2D eigenvalue weighted by molar-refractivity contribution is 7.89. The Bertz CT molecular complexity index is 808. The van der Waals surface area contributed by atoms with Crippen molar-refractivity contribution in [3.63, 3.8) is 0 Å². The third kappa shape index (κ3) is 6.31. The fourth-order valence-electron chi connectivity index (χ4n) is 2.47. The molecule has 0 saturated carbocycles. The van der Waals surface area contributed by atoms with Gasteiger partial charge in [0, 0.05) is 18.3 Å². The highest BCUT2D eigenvalue weighted by Gasteiger charge is 2.07. The van der Waals surface area contributed by atoms with Gasteiger partial charge in [-0.15, -0.1) is 0 Å². The number of halogens is 1. The van der Waals surface area contributed by atoms with Crippen LogP contribution in [0.3, 0.4) is 0 Å². The molecule has 0 spiro atoms. The van der Waals surface area contributed by atoms with Crippen LogP contribution in [0.5, 0.6) is 5.75 Å². The summed E-state index contributed by atoms with van der Waals surface area (Å²) < 4.78 is 41.6. The first kappa shape index (κ1) is 20.2. The smallest absolute Gasteiger partial charge is 0.238 e. The van der Waals surface area contributed by atoms with Crippen LogP contribution in [-0.4, -0.2) is 21.6 Å². The lowest BCUT2D eigenvalue weighted by atomic mass is 10.1. The Morgan fingerprint density at radius 3 is 2.50 bits per heavy atom. The molecule has 0 fully saturated rings. The van der Waals surface area contributed by atoms with Gasteiger partial charge in [0.25, 0.3) is 0 Å². The minimum absolute atomic E-state index is 0.0863. The van der Waals surface area contributed by atoms with Crippen molar-refractivity contribution < 1.29 is 17.5 Å². The van der Waals surface area contributed by atoms with E-state index in [0.717, 1.165) is 36.9 Å². The maximum absolute atomic E-state index is 13.4. The minimum atomic E-state index is -3.67. The molecule has 0 saturated heterocycles. The van der Waals surface area contributed by atoms with Crippen molar-refractivity contribution in [3.8, 4) is 5.75 Å². The summed E-state index contributed by atoms with van der Waals surface area (Å²) in [5.74, 6) is 0.310. The van der Waals surface area contributed by atoms with Crippen LogP contribution in [-0.2, 0) is 16.4 Å². The first-order valence-corrected chi connectivity index (χ1v) is 10.2. The molecule has 0 aliphatic heterocycles. The summed E-state index contributed by atoms with van der Waals surface area (Å²) >= 11 is 0. The molecule has 0 radical (unpaired) electrons. The van der Waals surface area contributed by atoms with Crippen LogP contribution in [0.4, 0.5) is 10.1 Å². The van der Waals surface area contributed by atoms with Crippen molar-refractivity contribution in [2.24, 2.45) is 5.14 Å². The van der Waals surface area contributed by atoms with Crippen molar-refractivity contribution in [2.45, 2.75) is 37.5 Å². The fourth-order valence-corrected chi connectivity index (χ4v) is 2.99. The van der Waals surface area contributed by atoms with Gasteiger partial charge < -0.3 is 10.1 Å². The second kappa shape index (κ2) is 9.54. The number of unbranched alkanes of at least 4 members (excludes halogenated alkanes) is 1. The molecule has 142 valence electrons. The largest absolute Gasteiger partial charge is 0.493 e. The maximum atomic E-state index is 13.4. The number of aryl methyl sites for hydroxylation is 1. The first-order chi connectivity index (χ1) is 12.4. The zero-order valence-electron chi connectivity index (χ0n) is 14.9. The summed E-state index contributed by atoms with van der Waals surface area (Å²) in [6.45, 7) is 3.36. The van der Waals surface area contributed by atoms with E-state index in [-0.39, 0.29) is 10.7 Å². The number of primary sulfonamides is 1. The average Bonchev–Trinajstić information content (AvgIpc) is 2.60. The predicted octanol–water partition coefficient (Wildman–Crippen LogP) is 3.70. The number of ether oxygens (including phenoxy) is 1. The van der Waals surface area contributed by atoms with E-state index in [9.17, 15) is 12.8 Å². The topological polar surface area (TPSA) is 81.4 Å². The van der Waals surface area contributed by atoms with Crippen molar-refractivity contribution in [2.75, 3.05) is 18.5 Å². The van der Waals surface area contributed by atoms with Gasteiger partial charge in [-0.2, -0.15) is 0 Å².